The Morgan fingerprint density at radius 1 is 0.795 bits per heavy atom. The number of benzene rings is 4. The number of hydrogen-bond donors (Lipinski definition) is 1. The van der Waals surface area contributed by atoms with E-state index in [1.54, 1.807) is 67.6 Å². The average molecular weight is 653 g/mol. The number of para-hydroxylation sites is 1. The molecule has 0 radical (unpaired) electrons. The highest BCUT2D eigenvalue weighted by Gasteiger charge is 2.35. The van der Waals surface area contributed by atoms with Crippen molar-refractivity contribution in [2.24, 2.45) is 0 Å². The van der Waals surface area contributed by atoms with Crippen LogP contribution in [0.4, 0.5) is 5.69 Å². The van der Waals surface area contributed by atoms with Crippen LogP contribution >= 0.6 is 23.2 Å². The first-order valence-corrected chi connectivity index (χ1v) is 16.4. The Morgan fingerprint density at radius 2 is 1.36 bits per heavy atom. The van der Waals surface area contributed by atoms with Crippen molar-refractivity contribution in [3.63, 3.8) is 0 Å². The minimum Gasteiger partial charge on any atom is -0.352 e. The molecule has 4 rings (SSSR count). The largest absolute Gasteiger partial charge is 0.352 e. The van der Waals surface area contributed by atoms with Crippen LogP contribution in [0.3, 0.4) is 0 Å². The third-order valence-corrected chi connectivity index (χ3v) is 9.57. The van der Waals surface area contributed by atoms with E-state index in [1.165, 1.54) is 17.0 Å². The highest BCUT2D eigenvalue weighted by atomic mass is 35.5. The summed E-state index contributed by atoms with van der Waals surface area (Å²) in [4.78, 5) is 29.7. The van der Waals surface area contributed by atoms with Gasteiger partial charge in [0, 0.05) is 34.6 Å². The topological polar surface area (TPSA) is 86.8 Å². The lowest BCUT2D eigenvalue weighted by molar-refractivity contribution is -0.140. The molecule has 10 heteroatoms. The van der Waals surface area contributed by atoms with Crippen LogP contribution < -0.4 is 9.62 Å². The standard InChI is InChI=1S/C34H35Cl2N3O4S/c1-24(2)37-34(41)32(21-26-14-6-4-7-15-26)38(22-28-29(35)18-12-19-30(28)36)33(40)23-39(31-20-11-10-13-25(31)3)44(42,43)27-16-8-5-9-17-27/h4-20,24,32H,21-23H2,1-3H3,(H,37,41)/t32-/m0/s1. The molecule has 0 bridgehead atoms. The summed E-state index contributed by atoms with van der Waals surface area (Å²) in [5.41, 5.74) is 2.30. The summed E-state index contributed by atoms with van der Waals surface area (Å²) in [6.45, 7) is 4.77. The van der Waals surface area contributed by atoms with E-state index < -0.39 is 28.5 Å². The minimum atomic E-state index is -4.19. The second kappa shape index (κ2) is 14.8. The molecule has 1 N–H and O–H groups in total. The summed E-state index contributed by atoms with van der Waals surface area (Å²) in [6.07, 6.45) is 0.184. The van der Waals surface area contributed by atoms with Crippen LogP contribution in [0, 0.1) is 6.92 Å². The highest BCUT2D eigenvalue weighted by molar-refractivity contribution is 7.92. The fourth-order valence-electron chi connectivity index (χ4n) is 4.86. The van der Waals surface area contributed by atoms with Gasteiger partial charge in [-0.05, 0) is 62.2 Å². The maximum Gasteiger partial charge on any atom is 0.264 e. The van der Waals surface area contributed by atoms with Crippen LogP contribution in [-0.4, -0.2) is 43.8 Å². The molecule has 0 spiro atoms. The zero-order chi connectivity index (χ0) is 31.9. The van der Waals surface area contributed by atoms with E-state index in [0.29, 0.717) is 26.9 Å². The highest BCUT2D eigenvalue weighted by Crippen LogP contribution is 2.30. The van der Waals surface area contributed by atoms with E-state index in [4.69, 9.17) is 23.2 Å². The molecule has 230 valence electrons. The SMILES string of the molecule is Cc1ccccc1N(CC(=O)N(Cc1c(Cl)cccc1Cl)[C@@H](Cc1ccccc1)C(=O)NC(C)C)S(=O)(=O)c1ccccc1. The molecule has 0 aliphatic heterocycles. The average Bonchev–Trinajstić information content (AvgIpc) is 3.00. The molecule has 0 fully saturated rings. The fraction of sp³-hybridized carbons (Fsp3) is 0.235. The molecule has 0 saturated carbocycles. The van der Waals surface area contributed by atoms with Gasteiger partial charge in [-0.3, -0.25) is 13.9 Å². The van der Waals surface area contributed by atoms with E-state index in [1.807, 2.05) is 44.2 Å². The number of carbonyl (C=O) groups excluding carboxylic acids is 2. The lowest BCUT2D eigenvalue weighted by atomic mass is 10.0. The van der Waals surface area contributed by atoms with Crippen molar-refractivity contribution in [1.82, 2.24) is 10.2 Å². The molecule has 4 aromatic carbocycles. The van der Waals surface area contributed by atoms with E-state index >= 15 is 0 Å². The zero-order valence-electron chi connectivity index (χ0n) is 24.8. The van der Waals surface area contributed by atoms with Gasteiger partial charge in [0.25, 0.3) is 10.0 Å². The van der Waals surface area contributed by atoms with Gasteiger partial charge >= 0.3 is 0 Å². The maximum atomic E-state index is 14.5. The molecule has 0 saturated heterocycles. The molecule has 7 nitrogen and oxygen atoms in total. The smallest absolute Gasteiger partial charge is 0.264 e. The van der Waals surface area contributed by atoms with E-state index in [9.17, 15) is 18.0 Å². The molecule has 4 aromatic rings. The first-order chi connectivity index (χ1) is 21.0. The number of hydrogen-bond acceptors (Lipinski definition) is 4. The fourth-order valence-corrected chi connectivity index (χ4v) is 6.88. The Balaban J connectivity index is 1.84. The number of nitrogens with zero attached hydrogens (tertiary/aromatic N) is 2. The summed E-state index contributed by atoms with van der Waals surface area (Å²) >= 11 is 13.1. The summed E-state index contributed by atoms with van der Waals surface area (Å²) in [5.74, 6) is -0.975. The second-order valence-corrected chi connectivity index (χ2v) is 13.4. The van der Waals surface area contributed by atoms with Gasteiger partial charge in [-0.15, -0.1) is 0 Å². The van der Waals surface area contributed by atoms with Crippen molar-refractivity contribution in [3.05, 3.63) is 130 Å². The van der Waals surface area contributed by atoms with Crippen LogP contribution in [0.5, 0.6) is 0 Å². The van der Waals surface area contributed by atoms with Crippen LogP contribution in [-0.2, 0) is 32.6 Å². The molecule has 0 aromatic heterocycles. The van der Waals surface area contributed by atoms with Crippen molar-refractivity contribution in [2.45, 2.75) is 50.7 Å². The van der Waals surface area contributed by atoms with E-state index in [2.05, 4.69) is 5.32 Å². The number of sulfonamides is 1. The van der Waals surface area contributed by atoms with Gasteiger partial charge in [0.1, 0.15) is 12.6 Å². The molecule has 1 atom stereocenters. The van der Waals surface area contributed by atoms with Crippen LogP contribution in [0.15, 0.2) is 108 Å². The van der Waals surface area contributed by atoms with Crippen molar-refractivity contribution in [2.75, 3.05) is 10.8 Å². The number of carbonyl (C=O) groups is 2. The van der Waals surface area contributed by atoms with Gasteiger partial charge in [0.2, 0.25) is 11.8 Å². The molecule has 44 heavy (non-hydrogen) atoms. The summed E-state index contributed by atoms with van der Waals surface area (Å²) in [6, 6.07) is 28.0. The maximum absolute atomic E-state index is 14.5. The van der Waals surface area contributed by atoms with Gasteiger partial charge in [0.05, 0.1) is 10.6 Å². The molecule has 0 aliphatic rings. The van der Waals surface area contributed by atoms with E-state index in [-0.39, 0.29) is 29.8 Å². The van der Waals surface area contributed by atoms with E-state index in [0.717, 1.165) is 9.87 Å². The van der Waals surface area contributed by atoms with Crippen LogP contribution in [0.2, 0.25) is 10.0 Å². The quantitative estimate of drug-likeness (QED) is 0.186. The van der Waals surface area contributed by atoms with Gasteiger partial charge in [-0.1, -0.05) is 96.0 Å². The Kier molecular flexibility index (Phi) is 11.1. The summed E-state index contributed by atoms with van der Waals surface area (Å²) in [7, 11) is -4.19. The normalized spacial score (nSPS) is 12.0. The molecule has 0 heterocycles. The Labute approximate surface area is 269 Å². The Hall–Kier alpha value is -3.85. The first kappa shape index (κ1) is 33.1. The van der Waals surface area contributed by atoms with Gasteiger partial charge in [0.15, 0.2) is 0 Å². The summed E-state index contributed by atoms with van der Waals surface area (Å²) < 4.78 is 29.3. The summed E-state index contributed by atoms with van der Waals surface area (Å²) in [5, 5.41) is 3.58. The Morgan fingerprint density at radius 3 is 1.95 bits per heavy atom. The van der Waals surface area contributed by atoms with Gasteiger partial charge in [-0.25, -0.2) is 8.42 Å². The third kappa shape index (κ3) is 8.00. The monoisotopic (exact) mass is 651 g/mol. The first-order valence-electron chi connectivity index (χ1n) is 14.2. The van der Waals surface area contributed by atoms with Crippen molar-refractivity contribution in [1.29, 1.82) is 0 Å². The second-order valence-electron chi connectivity index (χ2n) is 10.7. The molecular weight excluding hydrogens is 617 g/mol. The number of anilines is 1. The third-order valence-electron chi connectivity index (χ3n) is 7.09. The zero-order valence-corrected chi connectivity index (χ0v) is 27.1. The van der Waals surface area contributed by atoms with Gasteiger partial charge in [-0.2, -0.15) is 0 Å². The lowest BCUT2D eigenvalue weighted by Gasteiger charge is -2.34. The predicted octanol–water partition coefficient (Wildman–Crippen LogP) is 6.66. The van der Waals surface area contributed by atoms with Crippen molar-refractivity contribution < 1.29 is 18.0 Å². The van der Waals surface area contributed by atoms with Crippen molar-refractivity contribution >= 4 is 50.7 Å². The predicted molar refractivity (Wildman–Crippen MR) is 176 cm³/mol. The van der Waals surface area contributed by atoms with Crippen LogP contribution in [0.1, 0.15) is 30.5 Å². The number of halogens is 2. The number of aryl methyl sites for hydroxylation is 1. The lowest BCUT2D eigenvalue weighted by Crippen LogP contribution is -2.54. The molecular formula is C34H35Cl2N3O4S. The van der Waals surface area contributed by atoms with Crippen LogP contribution in [0.25, 0.3) is 0 Å². The number of rotatable bonds is 12. The van der Waals surface area contributed by atoms with Gasteiger partial charge < -0.3 is 10.2 Å². The van der Waals surface area contributed by atoms with Crippen molar-refractivity contribution in [3.8, 4) is 0 Å². The molecule has 0 aliphatic carbocycles. The number of nitrogens with one attached hydrogen (secondary N) is 1. The Bertz CT molecular complexity index is 1680. The number of amides is 2. The molecule has 0 unspecified atom stereocenters. The molecule has 2 amide bonds. The minimum absolute atomic E-state index is 0.0372.